The van der Waals surface area contributed by atoms with Crippen molar-refractivity contribution in [1.82, 2.24) is 0 Å². The van der Waals surface area contributed by atoms with Crippen molar-refractivity contribution in [3.05, 3.63) is 32.5 Å². The minimum absolute atomic E-state index is 0.288. The molecule has 0 radical (unpaired) electrons. The first-order valence-electron chi connectivity index (χ1n) is 3.31. The first-order valence-corrected chi connectivity index (χ1v) is 6.42. The van der Waals surface area contributed by atoms with Crippen LogP contribution in [0.15, 0.2) is 21.5 Å². The van der Waals surface area contributed by atoms with E-state index in [1.54, 1.807) is 0 Å². The van der Waals surface area contributed by atoms with Gasteiger partial charge in [0, 0.05) is 21.2 Å². The first kappa shape index (κ1) is 12.3. The molecule has 0 atom stereocenters. The molecule has 0 saturated heterocycles. The molecule has 0 unspecified atom stereocenters. The molecule has 9 heteroatoms. The Morgan fingerprint density at radius 3 is 2.33 bits per heavy atom. The summed E-state index contributed by atoms with van der Waals surface area (Å²) >= 11 is 2.69. The fourth-order valence-corrected chi connectivity index (χ4v) is 3.28. The molecule has 0 spiro atoms. The van der Waals surface area contributed by atoms with Gasteiger partial charge < -0.3 is 0 Å². The molecule has 1 aromatic rings. The fourth-order valence-electron chi connectivity index (χ4n) is 0.885. The van der Waals surface area contributed by atoms with Crippen LogP contribution in [0, 0.1) is 15.9 Å². The van der Waals surface area contributed by atoms with Crippen molar-refractivity contribution >= 4 is 41.4 Å². The largest absolute Gasteiger partial charge is 0.273 e. The molecule has 0 saturated carbocycles. The van der Waals surface area contributed by atoms with Crippen molar-refractivity contribution < 1.29 is 17.7 Å². The Morgan fingerprint density at radius 1 is 1.47 bits per heavy atom. The molecule has 0 heterocycles. The van der Waals surface area contributed by atoms with Crippen molar-refractivity contribution in [2.45, 2.75) is 4.90 Å². The van der Waals surface area contributed by atoms with E-state index in [0.29, 0.717) is 6.07 Å². The van der Waals surface area contributed by atoms with Gasteiger partial charge in [0.1, 0.15) is 4.90 Å². The van der Waals surface area contributed by atoms with Gasteiger partial charge in [-0.3, -0.25) is 10.1 Å². The van der Waals surface area contributed by atoms with Crippen LogP contribution in [0.25, 0.3) is 0 Å². The lowest BCUT2D eigenvalue weighted by molar-refractivity contribution is -0.385. The van der Waals surface area contributed by atoms with Crippen LogP contribution in [-0.4, -0.2) is 13.3 Å². The number of hydrogen-bond acceptors (Lipinski definition) is 4. The molecule has 0 fully saturated rings. The van der Waals surface area contributed by atoms with Crippen molar-refractivity contribution in [3.8, 4) is 0 Å². The number of nitro groups is 1. The molecule has 82 valence electrons. The summed E-state index contributed by atoms with van der Waals surface area (Å²) in [4.78, 5) is 8.64. The minimum atomic E-state index is -4.28. The van der Waals surface area contributed by atoms with Crippen molar-refractivity contribution in [1.29, 1.82) is 0 Å². The van der Waals surface area contributed by atoms with Gasteiger partial charge in [0.05, 0.1) is 11.0 Å². The predicted molar refractivity (Wildman–Crippen MR) is 53.8 cm³/mol. The van der Waals surface area contributed by atoms with Gasteiger partial charge in [-0.05, 0) is 15.9 Å². The maximum absolute atomic E-state index is 13.2. The first-order chi connectivity index (χ1) is 6.73. The Bertz CT molecular complexity index is 509. The number of nitrogens with zero attached hydrogens (tertiary/aromatic N) is 1. The lowest BCUT2D eigenvalue weighted by atomic mass is 10.3. The average molecular weight is 319 g/mol. The quantitative estimate of drug-likeness (QED) is 0.476. The van der Waals surface area contributed by atoms with Gasteiger partial charge in [-0.25, -0.2) is 12.8 Å². The monoisotopic (exact) mass is 317 g/mol. The lowest BCUT2D eigenvalue weighted by Gasteiger charge is -2.01. The average Bonchev–Trinajstić information content (AvgIpc) is 1.99. The number of hydrogen-bond donors (Lipinski definition) is 0. The molecule has 0 aliphatic rings. The predicted octanol–water partition coefficient (Wildman–Crippen LogP) is 2.42. The van der Waals surface area contributed by atoms with Gasteiger partial charge in [0.25, 0.3) is 14.7 Å². The number of rotatable bonds is 2. The van der Waals surface area contributed by atoms with Crippen LogP contribution < -0.4 is 0 Å². The van der Waals surface area contributed by atoms with E-state index in [1.807, 2.05) is 0 Å². The Hall–Kier alpha value is -0.730. The van der Waals surface area contributed by atoms with E-state index in [0.717, 1.165) is 6.07 Å². The zero-order valence-electron chi connectivity index (χ0n) is 6.78. The van der Waals surface area contributed by atoms with Crippen molar-refractivity contribution in [2.75, 3.05) is 0 Å². The molecule has 0 bridgehead atoms. The molecule has 0 amide bonds. The molecule has 1 rings (SSSR count). The van der Waals surface area contributed by atoms with Crippen molar-refractivity contribution in [3.63, 3.8) is 0 Å². The van der Waals surface area contributed by atoms with Crippen LogP contribution >= 0.6 is 26.6 Å². The molecular weight excluding hydrogens is 316 g/mol. The van der Waals surface area contributed by atoms with Gasteiger partial charge in [0.15, 0.2) is 5.82 Å². The minimum Gasteiger partial charge on any atom is -0.258 e. The summed E-state index contributed by atoms with van der Waals surface area (Å²) in [6.07, 6.45) is 0. The lowest BCUT2D eigenvalue weighted by Crippen LogP contribution is -1.99. The van der Waals surface area contributed by atoms with Crippen LogP contribution in [0.4, 0.5) is 10.1 Å². The molecule has 0 N–H and O–H groups in total. The van der Waals surface area contributed by atoms with Crippen LogP contribution in [-0.2, 0) is 9.05 Å². The van der Waals surface area contributed by atoms with Gasteiger partial charge in [-0.15, -0.1) is 0 Å². The molecular formula is C6H2BrClFNO4S. The van der Waals surface area contributed by atoms with Crippen LogP contribution in [0.2, 0.25) is 0 Å². The summed E-state index contributed by atoms with van der Waals surface area (Å²) in [5.41, 5.74) is -0.566. The Kier molecular flexibility index (Phi) is 3.31. The second kappa shape index (κ2) is 4.03. The van der Waals surface area contributed by atoms with Gasteiger partial charge in [0.2, 0.25) is 0 Å². The van der Waals surface area contributed by atoms with Crippen molar-refractivity contribution in [2.24, 2.45) is 0 Å². The summed E-state index contributed by atoms with van der Waals surface area (Å²) in [5.74, 6) is -1.27. The molecule has 15 heavy (non-hydrogen) atoms. The third kappa shape index (κ3) is 2.64. The molecule has 1 aromatic carbocycles. The van der Waals surface area contributed by atoms with E-state index in [1.165, 1.54) is 0 Å². The smallest absolute Gasteiger partial charge is 0.258 e. The second-order valence-corrected chi connectivity index (χ2v) is 5.79. The Morgan fingerprint density at radius 2 is 2.00 bits per heavy atom. The highest BCUT2D eigenvalue weighted by Crippen LogP contribution is 2.31. The normalized spacial score (nSPS) is 11.4. The Balaban J connectivity index is 3.55. The maximum Gasteiger partial charge on any atom is 0.273 e. The van der Waals surface area contributed by atoms with Crippen LogP contribution in [0.1, 0.15) is 0 Å². The molecule has 0 aromatic heterocycles. The highest BCUT2D eigenvalue weighted by Gasteiger charge is 2.23. The highest BCUT2D eigenvalue weighted by atomic mass is 79.9. The number of benzene rings is 1. The van der Waals surface area contributed by atoms with E-state index >= 15 is 0 Å². The van der Waals surface area contributed by atoms with Crippen LogP contribution in [0.5, 0.6) is 0 Å². The molecule has 0 aliphatic carbocycles. The fraction of sp³-hybridized carbons (Fsp3) is 0. The van der Waals surface area contributed by atoms with E-state index in [9.17, 15) is 22.9 Å². The topological polar surface area (TPSA) is 77.3 Å². The van der Waals surface area contributed by atoms with E-state index in [4.69, 9.17) is 10.7 Å². The highest BCUT2D eigenvalue weighted by molar-refractivity contribution is 9.10. The van der Waals surface area contributed by atoms with Gasteiger partial charge in [-0.1, -0.05) is 0 Å². The van der Waals surface area contributed by atoms with E-state index < -0.39 is 30.4 Å². The van der Waals surface area contributed by atoms with Gasteiger partial charge in [-0.2, -0.15) is 0 Å². The van der Waals surface area contributed by atoms with E-state index in [-0.39, 0.29) is 4.47 Å². The third-order valence-electron chi connectivity index (χ3n) is 1.44. The molecule has 0 aliphatic heterocycles. The summed E-state index contributed by atoms with van der Waals surface area (Å²) in [6, 6.07) is 1.35. The molecule has 5 nitrogen and oxygen atoms in total. The summed E-state index contributed by atoms with van der Waals surface area (Å²) < 4.78 is 34.6. The Labute approximate surface area is 96.5 Å². The summed E-state index contributed by atoms with van der Waals surface area (Å²) in [5, 5.41) is 10.3. The zero-order chi connectivity index (χ0) is 11.8. The van der Waals surface area contributed by atoms with E-state index in [2.05, 4.69) is 15.9 Å². The number of halogens is 3. The number of nitro benzene ring substituents is 1. The second-order valence-electron chi connectivity index (χ2n) is 2.43. The van der Waals surface area contributed by atoms with Crippen LogP contribution in [0.3, 0.4) is 0 Å². The standard InChI is InChI=1S/C6H2BrClFNO4S/c7-4-1-3(10(11)12)2-5(9)6(4)15(8,13)14/h1-2H. The van der Waals surface area contributed by atoms with Gasteiger partial charge >= 0.3 is 0 Å². The zero-order valence-corrected chi connectivity index (χ0v) is 9.94. The SMILES string of the molecule is O=[N+]([O-])c1cc(F)c(S(=O)(=O)Cl)c(Br)c1. The number of non-ortho nitro benzene ring substituents is 1. The summed E-state index contributed by atoms with van der Waals surface area (Å²) in [7, 11) is 0.655. The maximum atomic E-state index is 13.2. The summed E-state index contributed by atoms with van der Waals surface area (Å²) in [6.45, 7) is 0. The third-order valence-corrected chi connectivity index (χ3v) is 3.69.